The molecule has 0 heterocycles. The van der Waals surface area contributed by atoms with Gasteiger partial charge in [0, 0.05) is 19.2 Å². The fourth-order valence-corrected chi connectivity index (χ4v) is 3.23. The molecular formula is C14H23ClN2O4S. The predicted molar refractivity (Wildman–Crippen MR) is 87.0 cm³/mol. The molecule has 126 valence electrons. The topological polar surface area (TPSA) is 90.6 Å². The number of halogens is 1. The lowest BCUT2D eigenvalue weighted by molar-refractivity contribution is 0.146. The first-order valence-electron chi connectivity index (χ1n) is 6.96. The van der Waals surface area contributed by atoms with Crippen LogP contribution >= 0.6 is 12.4 Å². The molecule has 0 amide bonds. The van der Waals surface area contributed by atoms with Crippen LogP contribution in [0.25, 0.3) is 0 Å². The molecule has 0 radical (unpaired) electrons. The normalized spacial score (nSPS) is 16.5. The van der Waals surface area contributed by atoms with Gasteiger partial charge in [-0.1, -0.05) is 0 Å². The molecule has 1 fully saturated rings. The minimum Gasteiger partial charge on any atom is -0.491 e. The van der Waals surface area contributed by atoms with E-state index in [9.17, 15) is 8.42 Å². The summed E-state index contributed by atoms with van der Waals surface area (Å²) in [4.78, 5) is 0.213. The molecule has 0 bridgehead atoms. The Kier molecular flexibility index (Phi) is 7.08. The maximum Gasteiger partial charge on any atom is 0.240 e. The molecule has 0 spiro atoms. The van der Waals surface area contributed by atoms with Gasteiger partial charge in [0.2, 0.25) is 10.0 Å². The quantitative estimate of drug-likeness (QED) is 0.689. The van der Waals surface area contributed by atoms with Gasteiger partial charge in [-0.3, -0.25) is 0 Å². The first-order valence-corrected chi connectivity index (χ1v) is 8.44. The van der Waals surface area contributed by atoms with Crippen molar-refractivity contribution in [2.45, 2.75) is 29.7 Å². The molecule has 1 aromatic rings. The van der Waals surface area contributed by atoms with Crippen LogP contribution in [0.5, 0.6) is 5.75 Å². The van der Waals surface area contributed by atoms with Gasteiger partial charge >= 0.3 is 0 Å². The molecule has 0 unspecified atom stereocenters. The first-order chi connectivity index (χ1) is 9.95. The third kappa shape index (κ3) is 5.10. The van der Waals surface area contributed by atoms with Gasteiger partial charge in [-0.15, -0.1) is 12.4 Å². The second-order valence-electron chi connectivity index (χ2n) is 5.35. The summed E-state index contributed by atoms with van der Waals surface area (Å²) in [6.07, 6.45) is 2.79. The van der Waals surface area contributed by atoms with E-state index in [2.05, 4.69) is 4.72 Å². The molecular weight excluding hydrogens is 328 g/mol. The van der Waals surface area contributed by atoms with E-state index in [1.54, 1.807) is 19.2 Å². The number of nitrogens with two attached hydrogens (primary N) is 1. The SMILES string of the molecule is COCCOc1ccc(S(=O)(=O)NCC2(N)CCC2)cc1.Cl. The molecule has 0 atom stereocenters. The molecule has 0 aliphatic heterocycles. The van der Waals surface area contributed by atoms with Crippen molar-refractivity contribution in [2.24, 2.45) is 5.73 Å². The van der Waals surface area contributed by atoms with Crippen molar-refractivity contribution in [3.8, 4) is 5.75 Å². The molecule has 8 heteroatoms. The molecule has 1 aliphatic carbocycles. The summed E-state index contributed by atoms with van der Waals surface area (Å²) in [6, 6.07) is 6.31. The molecule has 1 aromatic carbocycles. The Balaban J connectivity index is 0.00000242. The molecule has 6 nitrogen and oxygen atoms in total. The van der Waals surface area contributed by atoms with Crippen LogP contribution in [0.3, 0.4) is 0 Å². The van der Waals surface area contributed by atoms with Crippen LogP contribution in [0.4, 0.5) is 0 Å². The fraction of sp³-hybridized carbons (Fsp3) is 0.571. The lowest BCUT2D eigenvalue weighted by atomic mass is 9.78. The number of benzene rings is 1. The van der Waals surface area contributed by atoms with Crippen molar-refractivity contribution in [3.05, 3.63) is 24.3 Å². The average molecular weight is 351 g/mol. The van der Waals surface area contributed by atoms with Crippen molar-refractivity contribution < 1.29 is 17.9 Å². The first kappa shape index (κ1) is 19.2. The average Bonchev–Trinajstić information content (AvgIpc) is 2.44. The number of sulfonamides is 1. The van der Waals surface area contributed by atoms with E-state index in [0.29, 0.717) is 19.0 Å². The molecule has 0 saturated heterocycles. The van der Waals surface area contributed by atoms with Crippen molar-refractivity contribution in [3.63, 3.8) is 0 Å². The lowest BCUT2D eigenvalue weighted by Crippen LogP contribution is -2.54. The summed E-state index contributed by atoms with van der Waals surface area (Å²) in [7, 11) is -1.93. The van der Waals surface area contributed by atoms with E-state index in [0.717, 1.165) is 19.3 Å². The van der Waals surface area contributed by atoms with Gasteiger partial charge in [0.15, 0.2) is 0 Å². The van der Waals surface area contributed by atoms with Crippen LogP contribution in [-0.2, 0) is 14.8 Å². The molecule has 2 rings (SSSR count). The third-order valence-electron chi connectivity index (χ3n) is 3.65. The summed E-state index contributed by atoms with van der Waals surface area (Å²) >= 11 is 0. The van der Waals surface area contributed by atoms with Gasteiger partial charge in [-0.2, -0.15) is 0 Å². The predicted octanol–water partition coefficient (Wildman–Crippen LogP) is 1.29. The maximum atomic E-state index is 12.2. The zero-order chi connectivity index (χ0) is 15.3. The van der Waals surface area contributed by atoms with Crippen LogP contribution in [-0.4, -0.2) is 40.8 Å². The highest BCUT2D eigenvalue weighted by Crippen LogP contribution is 2.28. The van der Waals surface area contributed by atoms with Crippen LogP contribution in [0.15, 0.2) is 29.2 Å². The number of nitrogens with one attached hydrogen (secondary N) is 1. The van der Waals surface area contributed by atoms with Crippen molar-refractivity contribution in [1.82, 2.24) is 4.72 Å². The van der Waals surface area contributed by atoms with E-state index in [4.69, 9.17) is 15.2 Å². The largest absolute Gasteiger partial charge is 0.491 e. The monoisotopic (exact) mass is 350 g/mol. The summed E-state index contributed by atoms with van der Waals surface area (Å²) in [5.41, 5.74) is 5.64. The second kappa shape index (κ2) is 8.12. The van der Waals surface area contributed by atoms with Crippen molar-refractivity contribution >= 4 is 22.4 Å². The second-order valence-corrected chi connectivity index (χ2v) is 7.12. The number of rotatable bonds is 8. The molecule has 3 N–H and O–H groups in total. The molecule has 1 saturated carbocycles. The van der Waals surface area contributed by atoms with Crippen molar-refractivity contribution in [2.75, 3.05) is 26.9 Å². The minimum absolute atomic E-state index is 0. The van der Waals surface area contributed by atoms with Crippen LogP contribution in [0.2, 0.25) is 0 Å². The highest BCUT2D eigenvalue weighted by atomic mass is 35.5. The Bertz CT molecular complexity index is 559. The summed E-state index contributed by atoms with van der Waals surface area (Å²) < 4.78 is 37.2. The summed E-state index contributed by atoms with van der Waals surface area (Å²) in [5, 5.41) is 0. The Morgan fingerprint density at radius 3 is 2.36 bits per heavy atom. The third-order valence-corrected chi connectivity index (χ3v) is 5.07. The standard InChI is InChI=1S/C14H22N2O4S.ClH/c1-19-9-10-20-12-3-5-13(6-4-12)21(17,18)16-11-14(15)7-2-8-14;/h3-6,16H,2,7-11,15H2,1H3;1H. The van der Waals surface area contributed by atoms with Gasteiger partial charge < -0.3 is 15.2 Å². The van der Waals surface area contributed by atoms with Crippen LogP contribution < -0.4 is 15.2 Å². The summed E-state index contributed by atoms with van der Waals surface area (Å²) in [5.74, 6) is 0.611. The lowest BCUT2D eigenvalue weighted by Gasteiger charge is -2.37. The van der Waals surface area contributed by atoms with E-state index >= 15 is 0 Å². The van der Waals surface area contributed by atoms with E-state index < -0.39 is 10.0 Å². The Hall–Kier alpha value is -0.860. The van der Waals surface area contributed by atoms with Gasteiger partial charge in [0.25, 0.3) is 0 Å². The Labute approximate surface area is 137 Å². The summed E-state index contributed by atoms with van der Waals surface area (Å²) in [6.45, 7) is 1.19. The van der Waals surface area contributed by atoms with Crippen LogP contribution in [0.1, 0.15) is 19.3 Å². The van der Waals surface area contributed by atoms with Crippen LogP contribution in [0, 0.1) is 0 Å². The Morgan fingerprint density at radius 1 is 1.23 bits per heavy atom. The maximum absolute atomic E-state index is 12.2. The number of hydrogen-bond donors (Lipinski definition) is 2. The zero-order valence-corrected chi connectivity index (χ0v) is 14.2. The number of methoxy groups -OCH3 is 1. The molecule has 0 aromatic heterocycles. The number of hydrogen-bond acceptors (Lipinski definition) is 5. The minimum atomic E-state index is -3.52. The fourth-order valence-electron chi connectivity index (χ4n) is 2.09. The molecule has 22 heavy (non-hydrogen) atoms. The number of ether oxygens (including phenoxy) is 2. The van der Waals surface area contributed by atoms with E-state index in [-0.39, 0.29) is 29.4 Å². The van der Waals surface area contributed by atoms with Gasteiger partial charge in [-0.05, 0) is 43.5 Å². The molecule has 1 aliphatic rings. The highest BCUT2D eigenvalue weighted by molar-refractivity contribution is 7.89. The van der Waals surface area contributed by atoms with Gasteiger partial charge in [0.1, 0.15) is 12.4 Å². The smallest absolute Gasteiger partial charge is 0.240 e. The highest BCUT2D eigenvalue weighted by Gasteiger charge is 2.33. The van der Waals surface area contributed by atoms with Gasteiger partial charge in [-0.25, -0.2) is 13.1 Å². The Morgan fingerprint density at radius 2 is 1.86 bits per heavy atom. The van der Waals surface area contributed by atoms with E-state index in [1.807, 2.05) is 0 Å². The zero-order valence-electron chi connectivity index (χ0n) is 12.6. The van der Waals surface area contributed by atoms with Crippen molar-refractivity contribution in [1.29, 1.82) is 0 Å². The van der Waals surface area contributed by atoms with Gasteiger partial charge in [0.05, 0.1) is 11.5 Å². The van der Waals surface area contributed by atoms with E-state index in [1.165, 1.54) is 12.1 Å².